The monoisotopic (exact) mass is 255 g/mol. The molecule has 0 amide bonds. The number of halogens is 1. The van der Waals surface area contributed by atoms with E-state index in [4.69, 9.17) is 4.74 Å². The maximum atomic E-state index is 12.9. The van der Waals surface area contributed by atoms with Gasteiger partial charge in [0.25, 0.3) is 0 Å². The van der Waals surface area contributed by atoms with Gasteiger partial charge in [0, 0.05) is 12.5 Å². The van der Waals surface area contributed by atoms with E-state index in [0.717, 1.165) is 0 Å². The predicted octanol–water partition coefficient (Wildman–Crippen LogP) is 1.75. The molecule has 0 aromatic heterocycles. The van der Waals surface area contributed by atoms with Gasteiger partial charge in [-0.3, -0.25) is 4.79 Å². The van der Waals surface area contributed by atoms with Crippen LogP contribution in [0.5, 0.6) is 5.75 Å². The number of carbonyl (C=O) groups is 1. The van der Waals surface area contributed by atoms with Gasteiger partial charge in [0.2, 0.25) is 0 Å². The van der Waals surface area contributed by atoms with E-state index in [1.54, 1.807) is 12.1 Å². The molecule has 100 valence electrons. The van der Waals surface area contributed by atoms with Crippen molar-refractivity contribution in [3.8, 4) is 5.75 Å². The van der Waals surface area contributed by atoms with Crippen LogP contribution in [-0.4, -0.2) is 32.3 Å². The summed E-state index contributed by atoms with van der Waals surface area (Å²) in [6.45, 7) is 2.89. The summed E-state index contributed by atoms with van der Waals surface area (Å²) in [5.41, 5.74) is 0. The lowest BCUT2D eigenvalue weighted by atomic mass is 10.2. The smallest absolute Gasteiger partial charge is 0.322 e. The fraction of sp³-hybridized carbons (Fsp3) is 0.462. The van der Waals surface area contributed by atoms with Gasteiger partial charge < -0.3 is 14.8 Å². The van der Waals surface area contributed by atoms with Crippen molar-refractivity contribution in [1.29, 1.82) is 0 Å². The fourth-order valence-corrected chi connectivity index (χ4v) is 1.54. The molecular weight excluding hydrogens is 237 g/mol. The third-order valence-corrected chi connectivity index (χ3v) is 2.41. The summed E-state index contributed by atoms with van der Waals surface area (Å²) in [7, 11) is 1.35. The Morgan fingerprint density at radius 2 is 2.28 bits per heavy atom. The molecule has 1 rings (SSSR count). The summed E-state index contributed by atoms with van der Waals surface area (Å²) in [6, 6.07) is 5.51. The Balaban J connectivity index is 2.41. The van der Waals surface area contributed by atoms with Gasteiger partial charge >= 0.3 is 5.97 Å². The maximum Gasteiger partial charge on any atom is 0.322 e. The number of ether oxygens (including phenoxy) is 2. The maximum absolute atomic E-state index is 12.9. The van der Waals surface area contributed by atoms with Crippen LogP contribution in [0, 0.1) is 5.82 Å². The van der Waals surface area contributed by atoms with E-state index in [2.05, 4.69) is 10.1 Å². The van der Waals surface area contributed by atoms with Crippen LogP contribution in [0.15, 0.2) is 24.3 Å². The van der Waals surface area contributed by atoms with Crippen molar-refractivity contribution in [3.63, 3.8) is 0 Å². The van der Waals surface area contributed by atoms with Gasteiger partial charge in [-0.25, -0.2) is 4.39 Å². The zero-order valence-corrected chi connectivity index (χ0v) is 10.6. The van der Waals surface area contributed by atoms with Crippen LogP contribution in [0.4, 0.5) is 4.39 Å². The fourth-order valence-electron chi connectivity index (χ4n) is 1.54. The molecule has 1 atom stereocenters. The lowest BCUT2D eigenvalue weighted by Gasteiger charge is -2.15. The molecule has 0 radical (unpaired) electrons. The van der Waals surface area contributed by atoms with Crippen molar-refractivity contribution < 1.29 is 18.7 Å². The van der Waals surface area contributed by atoms with Gasteiger partial charge in [0.1, 0.15) is 17.6 Å². The Bertz CT molecular complexity index is 384. The normalized spacial score (nSPS) is 11.9. The highest BCUT2D eigenvalue weighted by Gasteiger charge is 2.17. The molecule has 0 saturated heterocycles. The van der Waals surface area contributed by atoms with E-state index in [9.17, 15) is 9.18 Å². The van der Waals surface area contributed by atoms with Gasteiger partial charge in [-0.2, -0.15) is 0 Å². The zero-order chi connectivity index (χ0) is 13.4. The number of likely N-dealkylation sites (N-methyl/N-ethyl adjacent to an activating group) is 1. The molecule has 1 aromatic carbocycles. The van der Waals surface area contributed by atoms with Gasteiger partial charge in [-0.05, 0) is 18.7 Å². The largest absolute Gasteiger partial charge is 0.493 e. The Hall–Kier alpha value is -1.62. The number of hydrogen-bond donors (Lipinski definition) is 1. The summed E-state index contributed by atoms with van der Waals surface area (Å²) >= 11 is 0. The first-order valence-electron chi connectivity index (χ1n) is 5.87. The average molecular weight is 255 g/mol. The summed E-state index contributed by atoms with van der Waals surface area (Å²) in [5.74, 6) is -0.210. The van der Waals surface area contributed by atoms with Crippen LogP contribution in [0.3, 0.4) is 0 Å². The van der Waals surface area contributed by atoms with Crippen LogP contribution in [-0.2, 0) is 9.53 Å². The molecule has 5 heteroatoms. The Morgan fingerprint density at radius 1 is 1.50 bits per heavy atom. The molecule has 0 fully saturated rings. The van der Waals surface area contributed by atoms with Crippen molar-refractivity contribution >= 4 is 5.97 Å². The second kappa shape index (κ2) is 7.66. The quantitative estimate of drug-likeness (QED) is 0.754. The third kappa shape index (κ3) is 4.71. The number of rotatable bonds is 7. The number of benzene rings is 1. The molecular formula is C13H18FNO3. The van der Waals surface area contributed by atoms with Crippen molar-refractivity contribution in [1.82, 2.24) is 5.32 Å². The summed E-state index contributed by atoms with van der Waals surface area (Å²) in [6.07, 6.45) is 0.469. The van der Waals surface area contributed by atoms with Gasteiger partial charge in [-0.1, -0.05) is 13.0 Å². The molecule has 0 aliphatic rings. The third-order valence-electron chi connectivity index (χ3n) is 2.41. The van der Waals surface area contributed by atoms with Crippen molar-refractivity contribution in [2.24, 2.45) is 0 Å². The van der Waals surface area contributed by atoms with E-state index < -0.39 is 6.04 Å². The van der Waals surface area contributed by atoms with Gasteiger partial charge in [0.15, 0.2) is 0 Å². The number of carbonyl (C=O) groups excluding carboxylic acids is 1. The van der Waals surface area contributed by atoms with Crippen LogP contribution in [0.2, 0.25) is 0 Å². The molecule has 0 spiro atoms. The van der Waals surface area contributed by atoms with Crippen molar-refractivity contribution in [3.05, 3.63) is 30.1 Å². The molecule has 1 aromatic rings. The average Bonchev–Trinajstić information content (AvgIpc) is 2.37. The highest BCUT2D eigenvalue weighted by atomic mass is 19.1. The first-order valence-corrected chi connectivity index (χ1v) is 5.87. The summed E-state index contributed by atoms with van der Waals surface area (Å²) in [5, 5.41) is 3.00. The molecule has 4 nitrogen and oxygen atoms in total. The van der Waals surface area contributed by atoms with E-state index in [0.29, 0.717) is 25.3 Å². The second-order valence-corrected chi connectivity index (χ2v) is 3.73. The minimum Gasteiger partial charge on any atom is -0.493 e. The van der Waals surface area contributed by atoms with E-state index in [-0.39, 0.29) is 11.8 Å². The van der Waals surface area contributed by atoms with E-state index in [1.807, 2.05) is 6.92 Å². The molecule has 0 aliphatic carbocycles. The Morgan fingerprint density at radius 3 is 2.89 bits per heavy atom. The lowest BCUT2D eigenvalue weighted by molar-refractivity contribution is -0.143. The molecule has 0 aliphatic heterocycles. The lowest BCUT2D eigenvalue weighted by Crippen LogP contribution is -2.38. The van der Waals surface area contributed by atoms with Gasteiger partial charge in [0.05, 0.1) is 13.7 Å². The molecule has 0 saturated carbocycles. The van der Waals surface area contributed by atoms with Crippen LogP contribution < -0.4 is 10.1 Å². The van der Waals surface area contributed by atoms with Gasteiger partial charge in [-0.15, -0.1) is 0 Å². The predicted molar refractivity (Wildman–Crippen MR) is 66.0 cm³/mol. The zero-order valence-electron chi connectivity index (χ0n) is 10.6. The van der Waals surface area contributed by atoms with Crippen LogP contribution in [0.25, 0.3) is 0 Å². The first kappa shape index (κ1) is 14.4. The molecule has 1 N–H and O–H groups in total. The Kier molecular flexibility index (Phi) is 6.14. The topological polar surface area (TPSA) is 47.6 Å². The second-order valence-electron chi connectivity index (χ2n) is 3.73. The SMILES string of the molecule is CCNC(CCOc1cccc(F)c1)C(=O)OC. The minimum atomic E-state index is -0.395. The van der Waals surface area contributed by atoms with Crippen LogP contribution in [0.1, 0.15) is 13.3 Å². The van der Waals surface area contributed by atoms with Crippen molar-refractivity contribution in [2.75, 3.05) is 20.3 Å². The summed E-state index contributed by atoms with van der Waals surface area (Å²) < 4.78 is 22.9. The molecule has 0 heterocycles. The van der Waals surface area contributed by atoms with E-state index in [1.165, 1.54) is 19.2 Å². The minimum absolute atomic E-state index is 0.316. The summed E-state index contributed by atoms with van der Waals surface area (Å²) in [4.78, 5) is 11.4. The number of esters is 1. The number of methoxy groups -OCH3 is 1. The Labute approximate surface area is 106 Å². The van der Waals surface area contributed by atoms with Crippen molar-refractivity contribution in [2.45, 2.75) is 19.4 Å². The van der Waals surface area contributed by atoms with E-state index >= 15 is 0 Å². The highest BCUT2D eigenvalue weighted by Crippen LogP contribution is 2.12. The number of hydrogen-bond acceptors (Lipinski definition) is 4. The standard InChI is InChI=1S/C13H18FNO3/c1-3-15-12(13(16)17-2)7-8-18-11-6-4-5-10(14)9-11/h4-6,9,12,15H,3,7-8H2,1-2H3. The molecule has 1 unspecified atom stereocenters. The molecule has 0 bridgehead atoms. The first-order chi connectivity index (χ1) is 8.67. The highest BCUT2D eigenvalue weighted by molar-refractivity contribution is 5.75. The van der Waals surface area contributed by atoms with Crippen LogP contribution >= 0.6 is 0 Å². The molecule has 18 heavy (non-hydrogen) atoms. The number of nitrogens with one attached hydrogen (secondary N) is 1.